The molecule has 58 valence electrons. The maximum atomic E-state index is 8.73. The Kier molecular flexibility index (Phi) is 2.50. The number of hydrogen-bond acceptors (Lipinski definition) is 1. The fraction of sp³-hybridized carbons (Fsp3) is 0.778. The Morgan fingerprint density at radius 3 is 2.10 bits per heavy atom. The zero-order valence-electron chi connectivity index (χ0n) is 6.75. The molecule has 10 heavy (non-hydrogen) atoms. The van der Waals surface area contributed by atoms with Crippen LogP contribution in [0.1, 0.15) is 20.3 Å². The second kappa shape index (κ2) is 3.20. The van der Waals surface area contributed by atoms with Crippen molar-refractivity contribution >= 4 is 0 Å². The molecule has 0 fully saturated rings. The van der Waals surface area contributed by atoms with Gasteiger partial charge in [0.1, 0.15) is 0 Å². The fourth-order valence-corrected chi connectivity index (χ4v) is 1.79. The van der Waals surface area contributed by atoms with E-state index >= 15 is 0 Å². The van der Waals surface area contributed by atoms with Crippen molar-refractivity contribution in [2.75, 3.05) is 6.61 Å². The molecule has 0 amide bonds. The summed E-state index contributed by atoms with van der Waals surface area (Å²) in [5.74, 6) is 2.02. The van der Waals surface area contributed by atoms with Gasteiger partial charge in [-0.25, -0.2) is 0 Å². The molecule has 0 aromatic rings. The van der Waals surface area contributed by atoms with E-state index in [1.165, 1.54) is 0 Å². The third-order valence-corrected chi connectivity index (χ3v) is 2.53. The van der Waals surface area contributed by atoms with Gasteiger partial charge in [-0.15, -0.1) is 0 Å². The number of aliphatic hydroxyl groups excluding tert-OH is 1. The summed E-state index contributed by atoms with van der Waals surface area (Å²) in [6.07, 6.45) is 5.46. The average Bonchev–Trinajstić information content (AvgIpc) is 2.20. The van der Waals surface area contributed by atoms with Gasteiger partial charge in [-0.2, -0.15) is 0 Å². The first-order valence-electron chi connectivity index (χ1n) is 4.05. The van der Waals surface area contributed by atoms with Crippen LogP contribution >= 0.6 is 0 Å². The molecule has 1 aliphatic rings. The molecule has 0 aromatic carbocycles. The molecule has 1 aliphatic carbocycles. The Morgan fingerprint density at radius 2 is 1.70 bits per heavy atom. The van der Waals surface area contributed by atoms with Gasteiger partial charge >= 0.3 is 0 Å². The summed E-state index contributed by atoms with van der Waals surface area (Å²) in [5.41, 5.74) is 0. The predicted octanol–water partition coefficient (Wildman–Crippen LogP) is 1.83. The maximum Gasteiger partial charge on any atom is 0.0434 e. The van der Waals surface area contributed by atoms with Crippen LogP contribution in [0.3, 0.4) is 0 Å². The predicted molar refractivity (Wildman–Crippen MR) is 42.7 cm³/mol. The molecule has 2 unspecified atom stereocenters. The molecule has 0 aromatic heterocycles. The SMILES string of the molecule is CC1C=CC(C)C1CCO. The Hall–Kier alpha value is -0.300. The van der Waals surface area contributed by atoms with Crippen molar-refractivity contribution in [3.05, 3.63) is 12.2 Å². The molecule has 1 heteroatoms. The van der Waals surface area contributed by atoms with E-state index in [4.69, 9.17) is 5.11 Å². The minimum Gasteiger partial charge on any atom is -0.396 e. The van der Waals surface area contributed by atoms with Crippen LogP contribution < -0.4 is 0 Å². The summed E-state index contributed by atoms with van der Waals surface area (Å²) in [5, 5.41) is 8.73. The fourth-order valence-electron chi connectivity index (χ4n) is 1.79. The summed E-state index contributed by atoms with van der Waals surface area (Å²) in [6, 6.07) is 0. The van der Waals surface area contributed by atoms with Gasteiger partial charge in [0.05, 0.1) is 0 Å². The standard InChI is InChI=1S/C9H16O/c1-7-3-4-8(2)9(7)5-6-10/h3-4,7-10H,5-6H2,1-2H3. The summed E-state index contributed by atoms with van der Waals surface area (Å²) >= 11 is 0. The first-order valence-corrected chi connectivity index (χ1v) is 4.05. The molecule has 0 bridgehead atoms. The van der Waals surface area contributed by atoms with Gasteiger partial charge in [0.25, 0.3) is 0 Å². The largest absolute Gasteiger partial charge is 0.396 e. The summed E-state index contributed by atoms with van der Waals surface area (Å²) in [6.45, 7) is 4.78. The van der Waals surface area contributed by atoms with Crippen molar-refractivity contribution in [3.8, 4) is 0 Å². The molecular weight excluding hydrogens is 124 g/mol. The number of hydrogen-bond donors (Lipinski definition) is 1. The van der Waals surface area contributed by atoms with Gasteiger partial charge in [-0.05, 0) is 24.2 Å². The number of rotatable bonds is 2. The topological polar surface area (TPSA) is 20.2 Å². The molecule has 1 nitrogen and oxygen atoms in total. The van der Waals surface area contributed by atoms with Crippen LogP contribution in [-0.2, 0) is 0 Å². The molecule has 0 radical (unpaired) electrons. The maximum absolute atomic E-state index is 8.73. The first kappa shape index (κ1) is 7.80. The Balaban J connectivity index is 2.43. The van der Waals surface area contributed by atoms with E-state index in [0.29, 0.717) is 24.4 Å². The molecule has 1 rings (SSSR count). The average molecular weight is 140 g/mol. The normalized spacial score (nSPS) is 38.9. The second-order valence-electron chi connectivity index (χ2n) is 3.28. The molecule has 0 spiro atoms. The van der Waals surface area contributed by atoms with Crippen LogP contribution in [0.25, 0.3) is 0 Å². The van der Waals surface area contributed by atoms with Crippen LogP contribution in [0.4, 0.5) is 0 Å². The third kappa shape index (κ3) is 1.40. The van der Waals surface area contributed by atoms with Gasteiger partial charge in [0.15, 0.2) is 0 Å². The van der Waals surface area contributed by atoms with Crippen molar-refractivity contribution in [3.63, 3.8) is 0 Å². The molecule has 2 atom stereocenters. The van der Waals surface area contributed by atoms with Gasteiger partial charge in [0, 0.05) is 6.61 Å². The van der Waals surface area contributed by atoms with E-state index in [-0.39, 0.29) is 0 Å². The molecule has 0 saturated heterocycles. The van der Waals surface area contributed by atoms with Crippen LogP contribution in [-0.4, -0.2) is 11.7 Å². The Bertz CT molecular complexity index is 117. The Labute approximate surface area is 62.8 Å². The zero-order chi connectivity index (χ0) is 7.56. The molecule has 0 aliphatic heterocycles. The van der Waals surface area contributed by atoms with E-state index in [0.717, 1.165) is 6.42 Å². The first-order chi connectivity index (χ1) is 4.75. The van der Waals surface area contributed by atoms with Gasteiger partial charge < -0.3 is 5.11 Å². The third-order valence-electron chi connectivity index (χ3n) is 2.53. The lowest BCUT2D eigenvalue weighted by Gasteiger charge is -2.18. The van der Waals surface area contributed by atoms with Crippen molar-refractivity contribution in [1.82, 2.24) is 0 Å². The summed E-state index contributed by atoms with van der Waals surface area (Å²) in [7, 11) is 0. The highest BCUT2D eigenvalue weighted by molar-refractivity contribution is 5.03. The summed E-state index contributed by atoms with van der Waals surface area (Å²) < 4.78 is 0. The van der Waals surface area contributed by atoms with E-state index < -0.39 is 0 Å². The van der Waals surface area contributed by atoms with Crippen LogP contribution in [0, 0.1) is 17.8 Å². The number of aliphatic hydroxyl groups is 1. The monoisotopic (exact) mass is 140 g/mol. The van der Waals surface area contributed by atoms with Crippen molar-refractivity contribution < 1.29 is 5.11 Å². The van der Waals surface area contributed by atoms with Crippen LogP contribution in [0.15, 0.2) is 12.2 Å². The van der Waals surface area contributed by atoms with Crippen LogP contribution in [0.2, 0.25) is 0 Å². The lowest BCUT2D eigenvalue weighted by molar-refractivity contribution is 0.225. The van der Waals surface area contributed by atoms with E-state index in [9.17, 15) is 0 Å². The minimum atomic E-state index is 0.334. The zero-order valence-corrected chi connectivity index (χ0v) is 6.75. The van der Waals surface area contributed by atoms with E-state index in [1.54, 1.807) is 0 Å². The van der Waals surface area contributed by atoms with Crippen molar-refractivity contribution in [1.29, 1.82) is 0 Å². The highest BCUT2D eigenvalue weighted by atomic mass is 16.3. The number of allylic oxidation sites excluding steroid dienone is 2. The summed E-state index contributed by atoms with van der Waals surface area (Å²) in [4.78, 5) is 0. The molecular formula is C9H16O. The highest BCUT2D eigenvalue weighted by Gasteiger charge is 2.24. The van der Waals surface area contributed by atoms with Gasteiger partial charge in [-0.3, -0.25) is 0 Å². The minimum absolute atomic E-state index is 0.334. The van der Waals surface area contributed by atoms with Crippen LogP contribution in [0.5, 0.6) is 0 Å². The quantitative estimate of drug-likeness (QED) is 0.580. The lowest BCUT2D eigenvalue weighted by Crippen LogP contribution is -2.13. The highest BCUT2D eigenvalue weighted by Crippen LogP contribution is 2.32. The smallest absolute Gasteiger partial charge is 0.0434 e. The molecule has 0 saturated carbocycles. The molecule has 1 N–H and O–H groups in total. The Morgan fingerprint density at radius 1 is 1.20 bits per heavy atom. The lowest BCUT2D eigenvalue weighted by atomic mass is 9.88. The van der Waals surface area contributed by atoms with E-state index in [1.807, 2.05) is 0 Å². The van der Waals surface area contributed by atoms with Crippen molar-refractivity contribution in [2.24, 2.45) is 17.8 Å². The van der Waals surface area contributed by atoms with E-state index in [2.05, 4.69) is 26.0 Å². The van der Waals surface area contributed by atoms with Crippen molar-refractivity contribution in [2.45, 2.75) is 20.3 Å². The van der Waals surface area contributed by atoms with Gasteiger partial charge in [-0.1, -0.05) is 26.0 Å². The molecule has 0 heterocycles. The second-order valence-corrected chi connectivity index (χ2v) is 3.28. The van der Waals surface area contributed by atoms with Gasteiger partial charge in [0.2, 0.25) is 0 Å².